The Hall–Kier alpha value is -0.340. The Kier molecular flexibility index (Phi) is 5.35. The molecule has 0 aromatic carbocycles. The summed E-state index contributed by atoms with van der Waals surface area (Å²) in [7, 11) is 0. The Morgan fingerprint density at radius 3 is 2.48 bits per heavy atom. The van der Waals surface area contributed by atoms with Crippen molar-refractivity contribution in [3.8, 4) is 0 Å². The van der Waals surface area contributed by atoms with Crippen LogP contribution in [-0.2, 0) is 0 Å². The molecule has 166 valence electrons. The molecule has 8 atom stereocenters. The third-order valence-corrected chi connectivity index (χ3v) is 10.4. The normalized spacial score (nSPS) is 48.3. The van der Waals surface area contributed by atoms with E-state index in [2.05, 4.69) is 26.8 Å². The molecule has 4 aliphatic carbocycles. The topological polar surface area (TPSA) is 40.5 Å². The highest BCUT2D eigenvalue weighted by Gasteiger charge is 2.59. The molecular weight excluding hydrogens is 356 g/mol. The van der Waals surface area contributed by atoms with Gasteiger partial charge in [0, 0.05) is 0 Å². The summed E-state index contributed by atoms with van der Waals surface area (Å²) < 4.78 is 0. The molecule has 0 amide bonds. The van der Waals surface area contributed by atoms with Crippen LogP contribution in [0.2, 0.25) is 0 Å². The monoisotopic (exact) mass is 402 g/mol. The summed E-state index contributed by atoms with van der Waals surface area (Å²) in [4.78, 5) is 0. The minimum Gasteiger partial charge on any atom is -0.390 e. The second-order valence-corrected chi connectivity index (χ2v) is 13.0. The fourth-order valence-corrected chi connectivity index (χ4v) is 8.56. The lowest BCUT2D eigenvalue weighted by molar-refractivity contribution is -0.0713. The second kappa shape index (κ2) is 7.09. The molecule has 29 heavy (non-hydrogen) atoms. The Labute approximate surface area is 179 Å². The average molecular weight is 403 g/mol. The summed E-state index contributed by atoms with van der Waals surface area (Å²) in [5, 5.41) is 20.9. The predicted molar refractivity (Wildman–Crippen MR) is 121 cm³/mol. The van der Waals surface area contributed by atoms with E-state index in [0.717, 1.165) is 49.4 Å². The van der Waals surface area contributed by atoms with E-state index in [1.807, 2.05) is 20.8 Å². The highest BCUT2D eigenvalue weighted by atomic mass is 16.3. The first-order valence-electron chi connectivity index (χ1n) is 12.5. The first-order valence-corrected chi connectivity index (χ1v) is 12.5. The third-order valence-electron chi connectivity index (χ3n) is 10.4. The maximum absolute atomic E-state index is 10.7. The fourth-order valence-electron chi connectivity index (χ4n) is 8.56. The molecule has 0 bridgehead atoms. The van der Waals surface area contributed by atoms with Crippen LogP contribution in [0.1, 0.15) is 106 Å². The van der Waals surface area contributed by atoms with E-state index < -0.39 is 11.2 Å². The fraction of sp³-hybridized carbons (Fsp3) is 0.926. The van der Waals surface area contributed by atoms with E-state index >= 15 is 0 Å². The van der Waals surface area contributed by atoms with E-state index in [1.54, 1.807) is 5.57 Å². The van der Waals surface area contributed by atoms with Crippen molar-refractivity contribution in [2.45, 2.75) is 117 Å². The number of aliphatic hydroxyl groups is 2. The molecule has 0 saturated heterocycles. The molecule has 4 unspecified atom stereocenters. The molecule has 2 heteroatoms. The van der Waals surface area contributed by atoms with Gasteiger partial charge in [-0.15, -0.1) is 0 Å². The molecule has 2 nitrogen and oxygen atoms in total. The Bertz CT molecular complexity index is 656. The Morgan fingerprint density at radius 1 is 1.07 bits per heavy atom. The van der Waals surface area contributed by atoms with Crippen LogP contribution in [-0.4, -0.2) is 21.4 Å². The number of hydrogen-bond acceptors (Lipinski definition) is 2. The second-order valence-electron chi connectivity index (χ2n) is 13.0. The molecule has 0 radical (unpaired) electrons. The van der Waals surface area contributed by atoms with E-state index in [9.17, 15) is 10.2 Å². The summed E-state index contributed by atoms with van der Waals surface area (Å²) in [5.74, 6) is 4.07. The van der Waals surface area contributed by atoms with Gasteiger partial charge < -0.3 is 10.2 Å². The summed E-state index contributed by atoms with van der Waals surface area (Å²) in [6, 6.07) is 0. The van der Waals surface area contributed by atoms with E-state index in [1.165, 1.54) is 38.5 Å². The van der Waals surface area contributed by atoms with Crippen molar-refractivity contribution >= 4 is 0 Å². The minimum atomic E-state index is -0.536. The molecule has 0 spiro atoms. The van der Waals surface area contributed by atoms with Gasteiger partial charge >= 0.3 is 0 Å². The standard InChI is InChI=1S/C27H46O2/c1-18(11-13-24(2,3)28)21-9-10-22-20-8-7-19-17-25(4,29)15-16-26(19,5)23(20)12-14-27(21,22)6/h7,18,20-23,28-29H,8-17H2,1-6H3/t18?,20?,21-,22?,23?,25+,26+,27-/m1/s1. The van der Waals surface area contributed by atoms with Crippen molar-refractivity contribution in [2.75, 3.05) is 0 Å². The van der Waals surface area contributed by atoms with Crippen LogP contribution in [0, 0.1) is 40.4 Å². The molecule has 4 aliphatic rings. The quantitative estimate of drug-likeness (QED) is 0.527. The summed E-state index contributed by atoms with van der Waals surface area (Å²) in [6.45, 7) is 13.6. The molecule has 3 saturated carbocycles. The van der Waals surface area contributed by atoms with Gasteiger partial charge in [0.05, 0.1) is 11.2 Å². The molecule has 0 aliphatic heterocycles. The first kappa shape index (κ1) is 21.9. The minimum absolute atomic E-state index is 0.330. The number of rotatable bonds is 4. The van der Waals surface area contributed by atoms with Crippen molar-refractivity contribution in [1.29, 1.82) is 0 Å². The van der Waals surface area contributed by atoms with Crippen molar-refractivity contribution in [3.63, 3.8) is 0 Å². The first-order chi connectivity index (χ1) is 13.4. The van der Waals surface area contributed by atoms with Crippen LogP contribution < -0.4 is 0 Å². The van der Waals surface area contributed by atoms with Crippen molar-refractivity contribution in [3.05, 3.63) is 11.6 Å². The molecule has 4 rings (SSSR count). The van der Waals surface area contributed by atoms with Gasteiger partial charge in [-0.2, -0.15) is 0 Å². The molecule has 0 heterocycles. The van der Waals surface area contributed by atoms with Crippen LogP contribution in [0.25, 0.3) is 0 Å². The van der Waals surface area contributed by atoms with Crippen molar-refractivity contribution < 1.29 is 10.2 Å². The van der Waals surface area contributed by atoms with Gasteiger partial charge in [0.15, 0.2) is 0 Å². The summed E-state index contributed by atoms with van der Waals surface area (Å²) in [5.41, 5.74) is 1.37. The zero-order valence-electron chi connectivity index (χ0n) is 19.9. The Balaban J connectivity index is 1.53. The highest BCUT2D eigenvalue weighted by molar-refractivity contribution is 5.26. The van der Waals surface area contributed by atoms with Gasteiger partial charge in [0.25, 0.3) is 0 Å². The number of fused-ring (bicyclic) bond motifs is 5. The van der Waals surface area contributed by atoms with Crippen LogP contribution in [0.3, 0.4) is 0 Å². The van der Waals surface area contributed by atoms with Gasteiger partial charge in [-0.25, -0.2) is 0 Å². The van der Waals surface area contributed by atoms with E-state index in [4.69, 9.17) is 0 Å². The maximum atomic E-state index is 10.7. The molecule has 2 N–H and O–H groups in total. The maximum Gasteiger partial charge on any atom is 0.0657 e. The summed E-state index contributed by atoms with van der Waals surface area (Å²) >= 11 is 0. The van der Waals surface area contributed by atoms with E-state index in [0.29, 0.717) is 16.7 Å². The molecule has 0 aromatic heterocycles. The lowest BCUT2D eigenvalue weighted by atomic mass is 9.46. The smallest absolute Gasteiger partial charge is 0.0657 e. The Morgan fingerprint density at radius 2 is 1.79 bits per heavy atom. The van der Waals surface area contributed by atoms with Crippen LogP contribution >= 0.6 is 0 Å². The SMILES string of the molecule is CC(CCC(C)(C)O)[C@H]1CCC2C3CC=C4C[C@@](C)(O)CC[C@]4(C)C3CC[C@@]21C. The van der Waals surface area contributed by atoms with Gasteiger partial charge in [0.2, 0.25) is 0 Å². The van der Waals surface area contributed by atoms with Crippen LogP contribution in [0.4, 0.5) is 0 Å². The molecule has 3 fully saturated rings. The van der Waals surface area contributed by atoms with E-state index in [-0.39, 0.29) is 0 Å². The largest absolute Gasteiger partial charge is 0.390 e. The van der Waals surface area contributed by atoms with Gasteiger partial charge in [-0.05, 0) is 125 Å². The van der Waals surface area contributed by atoms with Gasteiger partial charge in [-0.1, -0.05) is 32.4 Å². The van der Waals surface area contributed by atoms with Crippen LogP contribution in [0.15, 0.2) is 11.6 Å². The third kappa shape index (κ3) is 3.75. The van der Waals surface area contributed by atoms with Crippen LogP contribution in [0.5, 0.6) is 0 Å². The summed E-state index contributed by atoms with van der Waals surface area (Å²) in [6.07, 6.45) is 14.5. The lowest BCUT2D eigenvalue weighted by Gasteiger charge is -2.59. The zero-order chi connectivity index (χ0) is 21.2. The highest BCUT2D eigenvalue weighted by Crippen LogP contribution is 2.67. The average Bonchev–Trinajstić information content (AvgIpc) is 2.97. The van der Waals surface area contributed by atoms with Crippen molar-refractivity contribution in [2.24, 2.45) is 40.4 Å². The predicted octanol–water partition coefficient (Wildman–Crippen LogP) is 6.50. The van der Waals surface area contributed by atoms with Crippen molar-refractivity contribution in [1.82, 2.24) is 0 Å². The number of allylic oxidation sites excluding steroid dienone is 1. The van der Waals surface area contributed by atoms with Gasteiger partial charge in [-0.3, -0.25) is 0 Å². The number of hydrogen-bond donors (Lipinski definition) is 2. The molecular formula is C27H46O2. The zero-order valence-corrected chi connectivity index (χ0v) is 19.9. The molecule has 0 aromatic rings. The van der Waals surface area contributed by atoms with Gasteiger partial charge in [0.1, 0.15) is 0 Å². The lowest BCUT2D eigenvalue weighted by Crippen LogP contribution is -2.52.